The molecule has 2 unspecified atom stereocenters. The molecule has 19 heavy (non-hydrogen) atoms. The maximum Gasteiger partial charge on any atom is 0.275 e. The van der Waals surface area contributed by atoms with Crippen LogP contribution >= 0.6 is 23.4 Å². The van der Waals surface area contributed by atoms with Crippen molar-refractivity contribution in [2.24, 2.45) is 0 Å². The van der Waals surface area contributed by atoms with Crippen LogP contribution in [0.2, 0.25) is 5.02 Å². The maximum atomic E-state index is 10.9. The van der Waals surface area contributed by atoms with E-state index < -0.39 is 4.92 Å². The Morgan fingerprint density at radius 2 is 2.26 bits per heavy atom. The lowest BCUT2D eigenvalue weighted by atomic mass is 10.1. The van der Waals surface area contributed by atoms with E-state index in [1.807, 2.05) is 13.2 Å². The van der Waals surface area contributed by atoms with Gasteiger partial charge in [0.25, 0.3) is 5.69 Å². The molecule has 106 valence electrons. The summed E-state index contributed by atoms with van der Waals surface area (Å²) in [6.45, 7) is 2.38. The number of nitro benzene ring substituents is 1. The topological polar surface area (TPSA) is 75.4 Å². The van der Waals surface area contributed by atoms with Gasteiger partial charge in [0.2, 0.25) is 0 Å². The largest absolute Gasteiger partial charge is 0.395 e. The van der Waals surface area contributed by atoms with Crippen molar-refractivity contribution in [1.29, 1.82) is 0 Å². The van der Waals surface area contributed by atoms with Gasteiger partial charge in [-0.15, -0.1) is 0 Å². The molecule has 0 spiro atoms. The molecule has 0 saturated carbocycles. The van der Waals surface area contributed by atoms with Crippen LogP contribution < -0.4 is 5.32 Å². The van der Waals surface area contributed by atoms with Crippen molar-refractivity contribution in [2.45, 2.75) is 24.8 Å². The molecule has 0 saturated heterocycles. The summed E-state index contributed by atoms with van der Waals surface area (Å²) in [4.78, 5) is 10.5. The fourth-order valence-electron chi connectivity index (χ4n) is 1.70. The van der Waals surface area contributed by atoms with Crippen LogP contribution in [0.5, 0.6) is 0 Å². The maximum absolute atomic E-state index is 10.9. The summed E-state index contributed by atoms with van der Waals surface area (Å²) in [5.74, 6) is 0. The number of nitrogens with zero attached hydrogens (tertiary/aromatic N) is 1. The first-order valence-corrected chi connectivity index (χ1v) is 7.46. The average molecular weight is 305 g/mol. The molecule has 1 aromatic carbocycles. The van der Waals surface area contributed by atoms with E-state index in [1.54, 1.807) is 23.9 Å². The van der Waals surface area contributed by atoms with Crippen molar-refractivity contribution >= 4 is 29.1 Å². The highest BCUT2D eigenvalue weighted by Gasteiger charge is 2.18. The van der Waals surface area contributed by atoms with Gasteiger partial charge >= 0.3 is 0 Å². The fraction of sp³-hybridized carbons (Fsp3) is 0.500. The molecule has 0 radical (unpaired) electrons. The van der Waals surface area contributed by atoms with Crippen LogP contribution in [0, 0.1) is 10.1 Å². The molecule has 5 nitrogen and oxygen atoms in total. The second-order valence-electron chi connectivity index (χ2n) is 4.16. The predicted octanol–water partition coefficient (Wildman–Crippen LogP) is 2.45. The molecule has 0 aromatic heterocycles. The molecule has 0 fully saturated rings. The first-order chi connectivity index (χ1) is 8.99. The lowest BCUT2D eigenvalue weighted by Gasteiger charge is -2.21. The van der Waals surface area contributed by atoms with E-state index in [1.165, 1.54) is 6.07 Å². The SMILES string of the molecule is CSC(CO)C(C)NCc1ccc(Cl)cc1[N+](=O)[O-]. The van der Waals surface area contributed by atoms with Crippen molar-refractivity contribution in [3.05, 3.63) is 38.9 Å². The minimum atomic E-state index is -0.439. The van der Waals surface area contributed by atoms with Gasteiger partial charge in [0.15, 0.2) is 0 Å². The summed E-state index contributed by atoms with van der Waals surface area (Å²) in [6, 6.07) is 4.68. The number of hydrogen-bond acceptors (Lipinski definition) is 5. The van der Waals surface area contributed by atoms with Crippen molar-refractivity contribution < 1.29 is 10.0 Å². The Labute approximate surface area is 121 Å². The van der Waals surface area contributed by atoms with Gasteiger partial charge in [-0.2, -0.15) is 11.8 Å². The highest BCUT2D eigenvalue weighted by atomic mass is 35.5. The third-order valence-electron chi connectivity index (χ3n) is 2.90. The molecule has 0 aliphatic rings. The van der Waals surface area contributed by atoms with E-state index in [2.05, 4.69) is 5.32 Å². The van der Waals surface area contributed by atoms with E-state index in [9.17, 15) is 15.2 Å². The fourth-order valence-corrected chi connectivity index (χ4v) is 2.52. The van der Waals surface area contributed by atoms with Gasteiger partial charge in [0.05, 0.1) is 11.5 Å². The van der Waals surface area contributed by atoms with E-state index >= 15 is 0 Å². The predicted molar refractivity (Wildman–Crippen MR) is 78.8 cm³/mol. The molecule has 7 heteroatoms. The van der Waals surface area contributed by atoms with E-state index in [4.69, 9.17) is 11.6 Å². The Balaban J connectivity index is 2.75. The number of benzene rings is 1. The first-order valence-electron chi connectivity index (χ1n) is 5.79. The summed E-state index contributed by atoms with van der Waals surface area (Å²) < 4.78 is 0. The van der Waals surface area contributed by atoms with Crippen molar-refractivity contribution in [3.8, 4) is 0 Å². The van der Waals surface area contributed by atoms with Crippen molar-refractivity contribution in [1.82, 2.24) is 5.32 Å². The molecule has 1 aromatic rings. The molecule has 0 aliphatic heterocycles. The third kappa shape index (κ3) is 4.65. The van der Waals surface area contributed by atoms with Gasteiger partial charge < -0.3 is 10.4 Å². The molecule has 0 heterocycles. The number of hydrogen-bond donors (Lipinski definition) is 2. The Morgan fingerprint density at radius 1 is 1.58 bits per heavy atom. The van der Waals surface area contributed by atoms with Gasteiger partial charge in [-0.3, -0.25) is 10.1 Å². The Hall–Kier alpha value is -0.820. The van der Waals surface area contributed by atoms with E-state index in [-0.39, 0.29) is 23.6 Å². The van der Waals surface area contributed by atoms with Crippen LogP contribution in [-0.2, 0) is 6.54 Å². The van der Waals surface area contributed by atoms with Crippen LogP contribution in [0.3, 0.4) is 0 Å². The lowest BCUT2D eigenvalue weighted by Crippen LogP contribution is -2.37. The summed E-state index contributed by atoms with van der Waals surface area (Å²) in [7, 11) is 0. The Bertz CT molecular complexity index is 441. The zero-order valence-electron chi connectivity index (χ0n) is 10.8. The lowest BCUT2D eigenvalue weighted by molar-refractivity contribution is -0.385. The van der Waals surface area contributed by atoms with Crippen molar-refractivity contribution in [3.63, 3.8) is 0 Å². The Morgan fingerprint density at radius 3 is 2.79 bits per heavy atom. The monoisotopic (exact) mass is 304 g/mol. The van der Waals surface area contributed by atoms with Crippen LogP contribution in [0.4, 0.5) is 5.69 Å². The van der Waals surface area contributed by atoms with Crippen LogP contribution in [0.15, 0.2) is 18.2 Å². The second-order valence-corrected chi connectivity index (χ2v) is 5.67. The van der Waals surface area contributed by atoms with Gasteiger partial charge in [0.1, 0.15) is 0 Å². The average Bonchev–Trinajstić information content (AvgIpc) is 2.38. The molecule has 0 bridgehead atoms. The van der Waals surface area contributed by atoms with Gasteiger partial charge in [-0.05, 0) is 25.3 Å². The molecular formula is C12H17ClN2O3S. The van der Waals surface area contributed by atoms with Crippen molar-refractivity contribution in [2.75, 3.05) is 12.9 Å². The first kappa shape index (κ1) is 16.2. The molecule has 2 atom stereocenters. The number of aliphatic hydroxyl groups is 1. The van der Waals surface area contributed by atoms with E-state index in [0.29, 0.717) is 17.1 Å². The minimum Gasteiger partial charge on any atom is -0.395 e. The summed E-state index contributed by atoms with van der Waals surface area (Å²) >= 11 is 7.32. The number of rotatable bonds is 7. The zero-order chi connectivity index (χ0) is 14.4. The summed E-state index contributed by atoms with van der Waals surface area (Å²) in [5, 5.41) is 23.7. The number of nitro groups is 1. The number of halogens is 1. The number of aliphatic hydroxyl groups excluding tert-OH is 1. The normalized spacial score (nSPS) is 14.1. The summed E-state index contributed by atoms with van der Waals surface area (Å²) in [6.07, 6.45) is 1.92. The standard InChI is InChI=1S/C12H17ClN2O3S/c1-8(12(7-16)19-2)14-6-9-3-4-10(13)5-11(9)15(17)18/h3-5,8,12,14,16H,6-7H2,1-2H3. The molecule has 1 rings (SSSR count). The van der Waals surface area contributed by atoms with Gasteiger partial charge in [-0.1, -0.05) is 11.6 Å². The summed E-state index contributed by atoms with van der Waals surface area (Å²) in [5.41, 5.74) is 0.593. The Kier molecular flexibility index (Phi) is 6.57. The molecule has 0 amide bonds. The zero-order valence-corrected chi connectivity index (χ0v) is 12.4. The van der Waals surface area contributed by atoms with E-state index in [0.717, 1.165) is 0 Å². The minimum absolute atomic E-state index is 0.0110. The van der Waals surface area contributed by atoms with Crippen LogP contribution in [0.25, 0.3) is 0 Å². The molecular weight excluding hydrogens is 288 g/mol. The molecule has 0 aliphatic carbocycles. The highest BCUT2D eigenvalue weighted by molar-refractivity contribution is 7.99. The number of nitrogens with one attached hydrogen (secondary N) is 1. The quantitative estimate of drug-likeness (QED) is 0.598. The third-order valence-corrected chi connectivity index (χ3v) is 4.30. The van der Waals surface area contributed by atoms with Crippen LogP contribution in [-0.4, -0.2) is 34.2 Å². The second kappa shape index (κ2) is 7.69. The smallest absolute Gasteiger partial charge is 0.275 e. The highest BCUT2D eigenvalue weighted by Crippen LogP contribution is 2.23. The van der Waals surface area contributed by atoms with Gasteiger partial charge in [0, 0.05) is 34.5 Å². The van der Waals surface area contributed by atoms with Gasteiger partial charge in [-0.25, -0.2) is 0 Å². The van der Waals surface area contributed by atoms with Crippen LogP contribution in [0.1, 0.15) is 12.5 Å². The number of thioether (sulfide) groups is 1. The molecule has 2 N–H and O–H groups in total.